The van der Waals surface area contributed by atoms with Crippen LogP contribution in [0.2, 0.25) is 0 Å². The van der Waals surface area contributed by atoms with Crippen LogP contribution in [0, 0.1) is 6.92 Å². The third-order valence-corrected chi connectivity index (χ3v) is 5.50. The summed E-state index contributed by atoms with van der Waals surface area (Å²) in [4.78, 5) is 14.2. The van der Waals surface area contributed by atoms with Gasteiger partial charge in [0.2, 0.25) is 5.13 Å². The van der Waals surface area contributed by atoms with E-state index in [1.54, 1.807) is 0 Å². The topological polar surface area (TPSA) is 54.9 Å². The Balaban J connectivity index is 1.76. The summed E-state index contributed by atoms with van der Waals surface area (Å²) in [5, 5.41) is 12.3. The van der Waals surface area contributed by atoms with E-state index in [0.717, 1.165) is 17.0 Å². The van der Waals surface area contributed by atoms with E-state index in [4.69, 9.17) is 0 Å². The molecule has 2 heterocycles. The molecule has 0 atom stereocenters. The van der Waals surface area contributed by atoms with Crippen molar-refractivity contribution < 1.29 is 4.79 Å². The Morgan fingerprint density at radius 1 is 1.18 bits per heavy atom. The first-order chi connectivity index (χ1) is 10.7. The van der Waals surface area contributed by atoms with Gasteiger partial charge in [-0.25, -0.2) is 0 Å². The van der Waals surface area contributed by atoms with Gasteiger partial charge < -0.3 is 0 Å². The second-order valence-electron chi connectivity index (χ2n) is 4.80. The Labute approximate surface area is 136 Å². The van der Waals surface area contributed by atoms with E-state index >= 15 is 0 Å². The van der Waals surface area contributed by atoms with Gasteiger partial charge in [0.05, 0.1) is 4.88 Å². The molecule has 6 heteroatoms. The Morgan fingerprint density at radius 3 is 2.64 bits per heavy atom. The fourth-order valence-electron chi connectivity index (χ4n) is 2.11. The molecule has 0 aliphatic rings. The Morgan fingerprint density at radius 2 is 1.95 bits per heavy atom. The predicted octanol–water partition coefficient (Wildman–Crippen LogP) is 4.39. The Bertz CT molecular complexity index is 793. The molecule has 0 saturated heterocycles. The number of amides is 1. The van der Waals surface area contributed by atoms with Crippen LogP contribution >= 0.6 is 22.7 Å². The largest absolute Gasteiger partial charge is 0.296 e. The number of rotatable bonds is 4. The number of benzene rings is 1. The molecule has 1 aromatic carbocycles. The summed E-state index contributed by atoms with van der Waals surface area (Å²) in [6, 6.07) is 11.7. The molecular weight excluding hydrogens is 314 g/mol. The van der Waals surface area contributed by atoms with Crippen molar-refractivity contribution in [1.29, 1.82) is 0 Å². The lowest BCUT2D eigenvalue weighted by Gasteiger charge is -1.97. The van der Waals surface area contributed by atoms with Crippen molar-refractivity contribution in [3.8, 4) is 10.6 Å². The monoisotopic (exact) mass is 329 g/mol. The maximum atomic E-state index is 12.3. The summed E-state index contributed by atoms with van der Waals surface area (Å²) in [5.74, 6) is -0.122. The molecule has 3 rings (SSSR count). The normalized spacial score (nSPS) is 10.6. The number of hydrogen-bond donors (Lipinski definition) is 1. The van der Waals surface area contributed by atoms with Crippen LogP contribution in [0.1, 0.15) is 27.0 Å². The minimum absolute atomic E-state index is 0.122. The molecule has 1 amide bonds. The van der Waals surface area contributed by atoms with Gasteiger partial charge in [0.1, 0.15) is 5.01 Å². The van der Waals surface area contributed by atoms with Crippen molar-refractivity contribution in [2.75, 3.05) is 5.32 Å². The van der Waals surface area contributed by atoms with Crippen LogP contribution in [-0.2, 0) is 6.42 Å². The molecule has 0 saturated carbocycles. The predicted molar refractivity (Wildman–Crippen MR) is 91.7 cm³/mol. The van der Waals surface area contributed by atoms with Gasteiger partial charge in [-0.05, 0) is 25.0 Å². The number of anilines is 1. The minimum atomic E-state index is -0.122. The number of carbonyl (C=O) groups excluding carboxylic acids is 1. The van der Waals surface area contributed by atoms with Crippen molar-refractivity contribution in [2.24, 2.45) is 0 Å². The van der Waals surface area contributed by atoms with E-state index in [1.807, 2.05) is 43.3 Å². The number of hydrogen-bond acceptors (Lipinski definition) is 5. The summed E-state index contributed by atoms with van der Waals surface area (Å²) in [6.45, 7) is 4.13. The van der Waals surface area contributed by atoms with Crippen molar-refractivity contribution >= 4 is 33.7 Å². The van der Waals surface area contributed by atoms with E-state index in [1.165, 1.54) is 33.1 Å². The number of aryl methyl sites for hydroxylation is 2. The van der Waals surface area contributed by atoms with Crippen molar-refractivity contribution in [1.82, 2.24) is 10.2 Å². The first-order valence-corrected chi connectivity index (χ1v) is 8.60. The summed E-state index contributed by atoms with van der Waals surface area (Å²) in [6.07, 6.45) is 0.945. The van der Waals surface area contributed by atoms with Gasteiger partial charge in [-0.3, -0.25) is 10.1 Å². The molecule has 0 aliphatic carbocycles. The van der Waals surface area contributed by atoms with Crippen molar-refractivity contribution in [3.05, 3.63) is 51.7 Å². The van der Waals surface area contributed by atoms with Gasteiger partial charge >= 0.3 is 0 Å². The van der Waals surface area contributed by atoms with Gasteiger partial charge in [-0.2, -0.15) is 0 Å². The molecule has 4 nitrogen and oxygen atoms in total. The van der Waals surface area contributed by atoms with E-state index in [9.17, 15) is 4.79 Å². The highest BCUT2D eigenvalue weighted by molar-refractivity contribution is 7.18. The maximum absolute atomic E-state index is 12.3. The second-order valence-corrected chi connectivity index (χ2v) is 6.92. The Kier molecular flexibility index (Phi) is 4.31. The first kappa shape index (κ1) is 14.9. The molecule has 1 N–H and O–H groups in total. The zero-order valence-corrected chi connectivity index (χ0v) is 13.9. The molecule has 112 valence electrons. The highest BCUT2D eigenvalue weighted by atomic mass is 32.1. The fourth-order valence-corrected chi connectivity index (χ4v) is 3.87. The van der Waals surface area contributed by atoms with Gasteiger partial charge in [0.15, 0.2) is 0 Å². The lowest BCUT2D eigenvalue weighted by atomic mass is 10.2. The fraction of sp³-hybridized carbons (Fsp3) is 0.188. The van der Waals surface area contributed by atoms with E-state index < -0.39 is 0 Å². The van der Waals surface area contributed by atoms with Gasteiger partial charge in [0, 0.05) is 10.4 Å². The maximum Gasteiger partial charge on any atom is 0.267 e. The van der Waals surface area contributed by atoms with Crippen LogP contribution in [0.4, 0.5) is 5.13 Å². The molecule has 0 fully saturated rings. The number of thiophene rings is 1. The van der Waals surface area contributed by atoms with Gasteiger partial charge in [0.25, 0.3) is 5.91 Å². The van der Waals surface area contributed by atoms with Crippen LogP contribution in [0.25, 0.3) is 10.6 Å². The molecule has 0 radical (unpaired) electrons. The lowest BCUT2D eigenvalue weighted by Crippen LogP contribution is -2.09. The molecule has 0 spiro atoms. The summed E-state index contributed by atoms with van der Waals surface area (Å²) in [5.41, 5.74) is 2.17. The third-order valence-electron chi connectivity index (χ3n) is 3.23. The van der Waals surface area contributed by atoms with Crippen LogP contribution in [-0.4, -0.2) is 16.1 Å². The smallest absolute Gasteiger partial charge is 0.267 e. The molecule has 22 heavy (non-hydrogen) atoms. The highest BCUT2D eigenvalue weighted by Gasteiger charge is 2.14. The van der Waals surface area contributed by atoms with Gasteiger partial charge in [-0.15, -0.1) is 21.5 Å². The number of nitrogens with one attached hydrogen (secondary N) is 1. The number of aromatic nitrogens is 2. The Hall–Kier alpha value is -2.05. The summed E-state index contributed by atoms with van der Waals surface area (Å²) in [7, 11) is 0. The molecule has 0 bridgehead atoms. The zero-order chi connectivity index (χ0) is 15.5. The van der Waals surface area contributed by atoms with Crippen LogP contribution < -0.4 is 5.32 Å². The standard InChI is InChI=1S/C16H15N3OS2/c1-3-12-10(2)9-13(21-12)14(20)17-16-19-18-15(22-16)11-7-5-4-6-8-11/h4-9H,3H2,1-2H3,(H,17,19,20). The minimum Gasteiger partial charge on any atom is -0.296 e. The lowest BCUT2D eigenvalue weighted by molar-refractivity contribution is 0.103. The summed E-state index contributed by atoms with van der Waals surface area (Å²) < 4.78 is 0. The second kappa shape index (κ2) is 6.37. The zero-order valence-electron chi connectivity index (χ0n) is 12.3. The first-order valence-electron chi connectivity index (χ1n) is 6.97. The molecule has 0 unspecified atom stereocenters. The molecule has 3 aromatic rings. The summed E-state index contributed by atoms with van der Waals surface area (Å²) >= 11 is 2.91. The van der Waals surface area contributed by atoms with E-state index in [0.29, 0.717) is 10.0 Å². The van der Waals surface area contributed by atoms with Gasteiger partial charge in [-0.1, -0.05) is 48.6 Å². The van der Waals surface area contributed by atoms with Crippen molar-refractivity contribution in [3.63, 3.8) is 0 Å². The van der Waals surface area contributed by atoms with Crippen LogP contribution in [0.5, 0.6) is 0 Å². The molecule has 2 aromatic heterocycles. The number of carbonyl (C=O) groups is 1. The SMILES string of the molecule is CCc1sc(C(=O)Nc2nnc(-c3ccccc3)s2)cc1C. The number of nitrogens with zero attached hydrogens (tertiary/aromatic N) is 2. The quantitative estimate of drug-likeness (QED) is 0.772. The highest BCUT2D eigenvalue weighted by Crippen LogP contribution is 2.27. The average Bonchev–Trinajstić information content (AvgIpc) is 3.14. The van der Waals surface area contributed by atoms with Crippen molar-refractivity contribution in [2.45, 2.75) is 20.3 Å². The van der Waals surface area contributed by atoms with Crippen LogP contribution in [0.3, 0.4) is 0 Å². The average molecular weight is 329 g/mol. The molecule has 0 aliphatic heterocycles. The van der Waals surface area contributed by atoms with E-state index in [-0.39, 0.29) is 5.91 Å². The van der Waals surface area contributed by atoms with E-state index in [2.05, 4.69) is 22.4 Å². The van der Waals surface area contributed by atoms with Crippen LogP contribution in [0.15, 0.2) is 36.4 Å². The molecular formula is C16H15N3OS2. The third kappa shape index (κ3) is 3.08.